The molecule has 7 nitrogen and oxygen atoms in total. The first kappa shape index (κ1) is 19.5. The minimum Gasteiger partial charge on any atom is -0.343 e. The summed E-state index contributed by atoms with van der Waals surface area (Å²) in [5.41, 5.74) is 0. The quantitative estimate of drug-likeness (QED) is 0.726. The predicted octanol–water partition coefficient (Wildman–Crippen LogP) is 2.84. The molecule has 0 bridgehead atoms. The van der Waals surface area contributed by atoms with Gasteiger partial charge in [-0.2, -0.15) is 4.98 Å². The smallest absolute Gasteiger partial charge is 0.227 e. The molecule has 0 spiro atoms. The van der Waals surface area contributed by atoms with Gasteiger partial charge in [0.25, 0.3) is 0 Å². The fourth-order valence-corrected chi connectivity index (χ4v) is 4.05. The first-order valence-corrected chi connectivity index (χ1v) is 10.4. The summed E-state index contributed by atoms with van der Waals surface area (Å²) in [7, 11) is 0. The molecule has 2 aromatic heterocycles. The van der Waals surface area contributed by atoms with Crippen LogP contribution in [0.15, 0.2) is 22.0 Å². The summed E-state index contributed by atoms with van der Waals surface area (Å²) in [6.07, 6.45) is 2.27. The number of amides is 2. The van der Waals surface area contributed by atoms with Gasteiger partial charge in [0.1, 0.15) is 0 Å². The molecule has 27 heavy (non-hydrogen) atoms. The van der Waals surface area contributed by atoms with Crippen LogP contribution in [-0.4, -0.2) is 57.9 Å². The minimum atomic E-state index is 0.0400. The topological polar surface area (TPSA) is 79.5 Å². The number of likely N-dealkylation sites (tertiary alicyclic amines) is 1. The molecule has 1 aliphatic rings. The highest BCUT2D eigenvalue weighted by Gasteiger charge is 2.29. The number of carbonyl (C=O) groups is 2. The first-order chi connectivity index (χ1) is 13.1. The highest BCUT2D eigenvalue weighted by atomic mass is 32.1. The standard InChI is InChI=1S/C19H26N4O3S/c1-3-22(4-2)19(25)14-9-11-23(12-10-14)17(24)8-7-16-20-18(21-26-16)15-6-5-13-27-15/h5-6,13-14H,3-4,7-12H2,1-2H3. The van der Waals surface area contributed by atoms with Crippen LogP contribution in [0.2, 0.25) is 0 Å². The van der Waals surface area contributed by atoms with Crippen LogP contribution >= 0.6 is 11.3 Å². The predicted molar refractivity (Wildman–Crippen MR) is 103 cm³/mol. The Kier molecular flexibility index (Phi) is 6.60. The van der Waals surface area contributed by atoms with E-state index in [2.05, 4.69) is 10.1 Å². The second kappa shape index (κ2) is 9.12. The normalized spacial score (nSPS) is 15.1. The zero-order valence-corrected chi connectivity index (χ0v) is 16.7. The lowest BCUT2D eigenvalue weighted by Crippen LogP contribution is -2.44. The van der Waals surface area contributed by atoms with E-state index in [1.807, 2.05) is 41.2 Å². The SMILES string of the molecule is CCN(CC)C(=O)C1CCN(C(=O)CCc2nc(-c3cccs3)no2)CC1. The Morgan fingerprint density at radius 1 is 1.30 bits per heavy atom. The highest BCUT2D eigenvalue weighted by Crippen LogP contribution is 2.23. The molecule has 0 aromatic carbocycles. The van der Waals surface area contributed by atoms with Crippen LogP contribution < -0.4 is 0 Å². The second-order valence-corrected chi connectivity index (χ2v) is 7.60. The molecule has 1 fully saturated rings. The Morgan fingerprint density at radius 2 is 2.04 bits per heavy atom. The largest absolute Gasteiger partial charge is 0.343 e. The van der Waals surface area contributed by atoms with Gasteiger partial charge in [0.2, 0.25) is 23.5 Å². The monoisotopic (exact) mass is 390 g/mol. The summed E-state index contributed by atoms with van der Waals surface area (Å²) >= 11 is 1.55. The van der Waals surface area contributed by atoms with Crippen molar-refractivity contribution in [1.82, 2.24) is 19.9 Å². The molecule has 1 saturated heterocycles. The maximum Gasteiger partial charge on any atom is 0.227 e. The summed E-state index contributed by atoms with van der Waals surface area (Å²) in [5, 5.41) is 5.93. The van der Waals surface area contributed by atoms with E-state index in [-0.39, 0.29) is 17.7 Å². The summed E-state index contributed by atoms with van der Waals surface area (Å²) in [6, 6.07) is 3.88. The first-order valence-electron chi connectivity index (χ1n) is 9.55. The van der Waals surface area contributed by atoms with Crippen molar-refractivity contribution < 1.29 is 14.1 Å². The number of nitrogens with zero attached hydrogens (tertiary/aromatic N) is 4. The third-order valence-corrected chi connectivity index (χ3v) is 5.90. The molecule has 0 saturated carbocycles. The summed E-state index contributed by atoms with van der Waals surface area (Å²) in [6.45, 7) is 6.77. The fraction of sp³-hybridized carbons (Fsp3) is 0.579. The van der Waals surface area contributed by atoms with Crippen molar-refractivity contribution in [2.24, 2.45) is 5.92 Å². The zero-order chi connectivity index (χ0) is 19.2. The van der Waals surface area contributed by atoms with Crippen molar-refractivity contribution in [2.45, 2.75) is 39.5 Å². The third kappa shape index (κ3) is 4.74. The molecule has 2 aromatic rings. The number of carbonyl (C=O) groups excluding carboxylic acids is 2. The van der Waals surface area contributed by atoms with Crippen molar-refractivity contribution in [3.05, 3.63) is 23.4 Å². The number of hydrogen-bond donors (Lipinski definition) is 0. The molecule has 1 aliphatic heterocycles. The van der Waals surface area contributed by atoms with Gasteiger partial charge in [0.05, 0.1) is 4.88 Å². The van der Waals surface area contributed by atoms with Crippen molar-refractivity contribution in [2.75, 3.05) is 26.2 Å². The Hall–Kier alpha value is -2.22. The van der Waals surface area contributed by atoms with Gasteiger partial charge in [-0.15, -0.1) is 11.3 Å². The van der Waals surface area contributed by atoms with Gasteiger partial charge in [0, 0.05) is 44.9 Å². The Labute approximate surface area is 163 Å². The molecule has 0 aliphatic carbocycles. The average Bonchev–Trinajstić information content (AvgIpc) is 3.38. The van der Waals surface area contributed by atoms with Gasteiger partial charge in [-0.05, 0) is 38.1 Å². The third-order valence-electron chi connectivity index (χ3n) is 5.03. The maximum atomic E-state index is 12.5. The number of aryl methyl sites for hydroxylation is 1. The molecule has 3 rings (SSSR count). The van der Waals surface area contributed by atoms with E-state index in [1.54, 1.807) is 11.3 Å². The van der Waals surface area contributed by atoms with Crippen LogP contribution in [0.4, 0.5) is 0 Å². The van der Waals surface area contributed by atoms with E-state index in [9.17, 15) is 9.59 Å². The van der Waals surface area contributed by atoms with E-state index in [0.717, 1.165) is 30.8 Å². The molecular formula is C19H26N4O3S. The van der Waals surface area contributed by atoms with Gasteiger partial charge >= 0.3 is 0 Å². The second-order valence-electron chi connectivity index (χ2n) is 6.65. The molecule has 0 N–H and O–H groups in total. The lowest BCUT2D eigenvalue weighted by atomic mass is 9.95. The summed E-state index contributed by atoms with van der Waals surface area (Å²) in [5.74, 6) is 1.40. The number of thiophene rings is 1. The zero-order valence-electron chi connectivity index (χ0n) is 15.9. The maximum absolute atomic E-state index is 12.5. The minimum absolute atomic E-state index is 0.0400. The molecule has 3 heterocycles. The van der Waals surface area contributed by atoms with Crippen molar-refractivity contribution in [1.29, 1.82) is 0 Å². The number of hydrogen-bond acceptors (Lipinski definition) is 6. The van der Waals surface area contributed by atoms with Gasteiger partial charge in [-0.25, -0.2) is 0 Å². The lowest BCUT2D eigenvalue weighted by molar-refractivity contribution is -0.140. The summed E-state index contributed by atoms with van der Waals surface area (Å²) < 4.78 is 5.25. The van der Waals surface area contributed by atoms with E-state index < -0.39 is 0 Å². The number of aromatic nitrogens is 2. The van der Waals surface area contributed by atoms with Gasteiger partial charge in [0.15, 0.2) is 0 Å². The lowest BCUT2D eigenvalue weighted by Gasteiger charge is -2.33. The number of rotatable bonds is 7. The Morgan fingerprint density at radius 3 is 2.67 bits per heavy atom. The fourth-order valence-electron chi connectivity index (χ4n) is 3.40. The van der Waals surface area contributed by atoms with E-state index in [0.29, 0.717) is 37.6 Å². The molecule has 0 atom stereocenters. The van der Waals surface area contributed by atoms with E-state index >= 15 is 0 Å². The average molecular weight is 391 g/mol. The Bertz CT molecular complexity index is 747. The molecule has 0 radical (unpaired) electrons. The molecular weight excluding hydrogens is 364 g/mol. The van der Waals surface area contributed by atoms with Crippen LogP contribution in [0.1, 0.15) is 39.0 Å². The van der Waals surface area contributed by atoms with Gasteiger partial charge in [-0.1, -0.05) is 11.2 Å². The van der Waals surface area contributed by atoms with E-state index in [1.165, 1.54) is 0 Å². The van der Waals surface area contributed by atoms with Crippen molar-refractivity contribution >= 4 is 23.2 Å². The van der Waals surface area contributed by atoms with Gasteiger partial charge in [-0.3, -0.25) is 9.59 Å². The van der Waals surface area contributed by atoms with Crippen LogP contribution in [0.5, 0.6) is 0 Å². The van der Waals surface area contributed by atoms with Crippen LogP contribution in [0, 0.1) is 5.92 Å². The van der Waals surface area contributed by atoms with Gasteiger partial charge < -0.3 is 14.3 Å². The number of piperidine rings is 1. The van der Waals surface area contributed by atoms with E-state index in [4.69, 9.17) is 4.52 Å². The molecule has 146 valence electrons. The van der Waals surface area contributed by atoms with Crippen molar-refractivity contribution in [3.8, 4) is 10.7 Å². The van der Waals surface area contributed by atoms with Crippen molar-refractivity contribution in [3.63, 3.8) is 0 Å². The van der Waals surface area contributed by atoms with Crippen LogP contribution in [-0.2, 0) is 16.0 Å². The Balaban J connectivity index is 1.45. The molecule has 2 amide bonds. The van der Waals surface area contributed by atoms with Crippen LogP contribution in [0.3, 0.4) is 0 Å². The van der Waals surface area contributed by atoms with Crippen LogP contribution in [0.25, 0.3) is 10.7 Å². The highest BCUT2D eigenvalue weighted by molar-refractivity contribution is 7.13. The molecule has 0 unspecified atom stereocenters. The summed E-state index contributed by atoms with van der Waals surface area (Å²) in [4.78, 5) is 34.0. The molecule has 8 heteroatoms.